The number of allylic oxidation sites excluding steroid dienone is 4. The Morgan fingerprint density at radius 3 is 2.70 bits per heavy atom. The van der Waals surface area contributed by atoms with E-state index in [1.807, 2.05) is 31.2 Å². The molecule has 1 aliphatic carbocycles. The number of hydrogen-bond acceptors (Lipinski definition) is 1. The predicted octanol–water partition coefficient (Wildman–Crippen LogP) is 2.41. The fourth-order valence-electron chi connectivity index (χ4n) is 0.857. The maximum atomic E-state index is 8.74. The van der Waals surface area contributed by atoms with E-state index in [9.17, 15) is 0 Å². The maximum Gasteiger partial charge on any atom is 0.136 e. The lowest BCUT2D eigenvalue weighted by Gasteiger charge is -2.22. The van der Waals surface area contributed by atoms with E-state index < -0.39 is 4.32 Å². The minimum absolute atomic E-state index is 0.252. The Kier molecular flexibility index (Phi) is 1.96. The molecule has 1 rings (SSSR count). The van der Waals surface area contributed by atoms with Crippen LogP contribution in [0.3, 0.4) is 0 Å². The number of nitrogens with zero attached hydrogens (tertiary/aromatic N) is 1. The monoisotopic (exact) mass is 197 g/mol. The lowest BCUT2D eigenvalue weighted by atomic mass is 9.91. The van der Waals surface area contributed by atoms with Crippen LogP contribution in [0, 0.1) is 17.2 Å². The van der Waals surface area contributed by atoms with Gasteiger partial charge in [-0.25, -0.2) is 0 Å². The second kappa shape index (κ2) is 2.59. The van der Waals surface area contributed by atoms with Crippen LogP contribution < -0.4 is 0 Å². The van der Waals surface area contributed by atoms with Gasteiger partial charge in [-0.1, -0.05) is 47.2 Å². The van der Waals surface area contributed by atoms with Crippen LogP contribution in [0.1, 0.15) is 6.92 Å². The van der Waals surface area contributed by atoms with Crippen molar-refractivity contribution in [1.82, 2.24) is 0 Å². The van der Waals surface area contributed by atoms with Gasteiger partial charge in [-0.05, 0) is 0 Å². The number of alkyl halides is 1. The molecular formula is C8H8BrN. The molecule has 2 unspecified atom stereocenters. The third kappa shape index (κ3) is 1.15. The summed E-state index contributed by atoms with van der Waals surface area (Å²) >= 11 is 3.36. The summed E-state index contributed by atoms with van der Waals surface area (Å²) in [6.07, 6.45) is 7.73. The van der Waals surface area contributed by atoms with Crippen LogP contribution in [-0.2, 0) is 0 Å². The molecule has 1 nitrogen and oxygen atoms in total. The molecule has 0 heterocycles. The molecule has 0 aromatic rings. The predicted molar refractivity (Wildman–Crippen MR) is 44.7 cm³/mol. The van der Waals surface area contributed by atoms with Crippen LogP contribution in [0.2, 0.25) is 0 Å². The van der Waals surface area contributed by atoms with Crippen molar-refractivity contribution in [2.24, 2.45) is 5.92 Å². The summed E-state index contributed by atoms with van der Waals surface area (Å²) in [6, 6.07) is 2.21. The van der Waals surface area contributed by atoms with Crippen LogP contribution in [0.5, 0.6) is 0 Å². The summed E-state index contributed by atoms with van der Waals surface area (Å²) in [7, 11) is 0. The Balaban J connectivity index is 2.91. The van der Waals surface area contributed by atoms with Gasteiger partial charge in [0.05, 0.1) is 6.07 Å². The molecule has 0 aromatic heterocycles. The van der Waals surface area contributed by atoms with Crippen molar-refractivity contribution in [2.75, 3.05) is 0 Å². The average molecular weight is 198 g/mol. The van der Waals surface area contributed by atoms with E-state index in [-0.39, 0.29) is 5.92 Å². The van der Waals surface area contributed by atoms with Crippen LogP contribution in [0.15, 0.2) is 24.3 Å². The van der Waals surface area contributed by atoms with E-state index in [0.717, 1.165) is 0 Å². The molecule has 0 amide bonds. The van der Waals surface area contributed by atoms with Crippen LogP contribution in [0.4, 0.5) is 0 Å². The lowest BCUT2D eigenvalue weighted by molar-refractivity contribution is 0.671. The molecule has 0 spiro atoms. The largest absolute Gasteiger partial charge is 0.196 e. The molecule has 2 atom stereocenters. The second-order valence-corrected chi connectivity index (χ2v) is 3.72. The number of nitriles is 1. The molecule has 0 radical (unpaired) electrons. The minimum atomic E-state index is -0.470. The molecule has 0 aliphatic heterocycles. The molecule has 0 bridgehead atoms. The molecular weight excluding hydrogens is 190 g/mol. The first-order valence-corrected chi connectivity index (χ1v) is 3.94. The Labute approximate surface area is 69.2 Å². The molecule has 2 heteroatoms. The van der Waals surface area contributed by atoms with Crippen LogP contribution in [-0.4, -0.2) is 4.32 Å². The van der Waals surface area contributed by atoms with Crippen LogP contribution >= 0.6 is 15.9 Å². The van der Waals surface area contributed by atoms with E-state index in [0.29, 0.717) is 0 Å². The van der Waals surface area contributed by atoms with Gasteiger partial charge in [-0.2, -0.15) is 5.26 Å². The van der Waals surface area contributed by atoms with Crippen molar-refractivity contribution in [3.63, 3.8) is 0 Å². The van der Waals surface area contributed by atoms with Crippen LogP contribution in [0.25, 0.3) is 0 Å². The summed E-state index contributed by atoms with van der Waals surface area (Å²) < 4.78 is -0.470. The average Bonchev–Trinajstić information content (AvgIpc) is 1.96. The van der Waals surface area contributed by atoms with Crippen molar-refractivity contribution >= 4 is 15.9 Å². The topological polar surface area (TPSA) is 23.8 Å². The third-order valence-electron chi connectivity index (χ3n) is 1.68. The van der Waals surface area contributed by atoms with Crippen molar-refractivity contribution in [2.45, 2.75) is 11.2 Å². The van der Waals surface area contributed by atoms with Gasteiger partial charge in [0.2, 0.25) is 0 Å². The van der Waals surface area contributed by atoms with E-state index in [1.165, 1.54) is 0 Å². The quantitative estimate of drug-likeness (QED) is 0.548. The number of halogens is 1. The molecule has 0 fully saturated rings. The summed E-state index contributed by atoms with van der Waals surface area (Å²) in [5.41, 5.74) is 0. The van der Waals surface area contributed by atoms with E-state index in [4.69, 9.17) is 5.26 Å². The fraction of sp³-hybridized carbons (Fsp3) is 0.375. The highest BCUT2D eigenvalue weighted by atomic mass is 79.9. The Morgan fingerprint density at radius 1 is 1.60 bits per heavy atom. The summed E-state index contributed by atoms with van der Waals surface area (Å²) in [6.45, 7) is 2.01. The van der Waals surface area contributed by atoms with Gasteiger partial charge in [-0.3, -0.25) is 0 Å². The molecule has 0 saturated carbocycles. The number of rotatable bonds is 0. The Bertz CT molecular complexity index is 224. The van der Waals surface area contributed by atoms with Crippen molar-refractivity contribution in [3.8, 4) is 6.07 Å². The summed E-state index contributed by atoms with van der Waals surface area (Å²) in [5.74, 6) is 0.252. The Morgan fingerprint density at radius 2 is 2.30 bits per heavy atom. The van der Waals surface area contributed by atoms with Crippen molar-refractivity contribution in [1.29, 1.82) is 5.26 Å². The number of hydrogen-bond donors (Lipinski definition) is 0. The van der Waals surface area contributed by atoms with Gasteiger partial charge in [0.15, 0.2) is 0 Å². The third-order valence-corrected chi connectivity index (χ3v) is 2.85. The molecule has 0 aromatic carbocycles. The normalized spacial score (nSPS) is 37.5. The van der Waals surface area contributed by atoms with Gasteiger partial charge in [-0.15, -0.1) is 0 Å². The van der Waals surface area contributed by atoms with Crippen molar-refractivity contribution < 1.29 is 0 Å². The SMILES string of the molecule is CC1C=CC=CC1(Br)C#N. The standard InChI is InChI=1S/C8H8BrN/c1-7-4-2-3-5-8(7,9)6-10/h2-5,7H,1H3. The lowest BCUT2D eigenvalue weighted by Crippen LogP contribution is -2.24. The molecule has 0 N–H and O–H groups in total. The van der Waals surface area contributed by atoms with Gasteiger partial charge in [0, 0.05) is 5.92 Å². The Hall–Kier alpha value is -0.550. The molecule has 10 heavy (non-hydrogen) atoms. The zero-order valence-corrected chi connectivity index (χ0v) is 7.30. The van der Waals surface area contributed by atoms with E-state index >= 15 is 0 Å². The zero-order chi connectivity index (χ0) is 7.61. The van der Waals surface area contributed by atoms with Gasteiger partial charge in [0.25, 0.3) is 0 Å². The second-order valence-electron chi connectivity index (χ2n) is 2.41. The fourth-order valence-corrected chi connectivity index (χ4v) is 1.16. The summed E-state index contributed by atoms with van der Waals surface area (Å²) in [4.78, 5) is 0. The zero-order valence-electron chi connectivity index (χ0n) is 5.71. The maximum absolute atomic E-state index is 8.74. The van der Waals surface area contributed by atoms with E-state index in [2.05, 4.69) is 22.0 Å². The first kappa shape index (κ1) is 7.56. The van der Waals surface area contributed by atoms with Crippen molar-refractivity contribution in [3.05, 3.63) is 24.3 Å². The van der Waals surface area contributed by atoms with E-state index in [1.54, 1.807) is 0 Å². The van der Waals surface area contributed by atoms with Gasteiger partial charge in [0.1, 0.15) is 4.32 Å². The highest BCUT2D eigenvalue weighted by Gasteiger charge is 2.29. The molecule has 1 aliphatic rings. The first-order valence-electron chi connectivity index (χ1n) is 3.15. The first-order chi connectivity index (χ1) is 4.69. The highest BCUT2D eigenvalue weighted by molar-refractivity contribution is 9.10. The highest BCUT2D eigenvalue weighted by Crippen LogP contribution is 2.31. The summed E-state index contributed by atoms with van der Waals surface area (Å²) in [5, 5.41) is 8.74. The molecule has 0 saturated heterocycles. The minimum Gasteiger partial charge on any atom is -0.196 e. The van der Waals surface area contributed by atoms with Gasteiger partial charge >= 0.3 is 0 Å². The molecule has 52 valence electrons. The smallest absolute Gasteiger partial charge is 0.136 e. The van der Waals surface area contributed by atoms with Gasteiger partial charge < -0.3 is 0 Å².